The van der Waals surface area contributed by atoms with Crippen molar-refractivity contribution in [1.29, 1.82) is 0 Å². The molecular formula is C12H14N2O3. The molecule has 1 aromatic rings. The molecule has 5 heteroatoms. The molecule has 0 aliphatic carbocycles. The van der Waals surface area contributed by atoms with Crippen LogP contribution in [0, 0.1) is 6.92 Å². The molecule has 5 nitrogen and oxygen atoms in total. The molecule has 1 unspecified atom stereocenters. The summed E-state index contributed by atoms with van der Waals surface area (Å²) < 4.78 is 0. The third-order valence-electron chi connectivity index (χ3n) is 3.10. The average Bonchev–Trinajstić information content (AvgIpc) is 2.64. The maximum atomic E-state index is 11.6. The monoisotopic (exact) mass is 234 g/mol. The van der Waals surface area contributed by atoms with Crippen molar-refractivity contribution in [3.63, 3.8) is 0 Å². The number of hydrogen-bond donors (Lipinski definition) is 1. The van der Waals surface area contributed by atoms with Crippen molar-refractivity contribution in [1.82, 2.24) is 9.88 Å². The van der Waals surface area contributed by atoms with Crippen molar-refractivity contribution in [3.05, 3.63) is 29.6 Å². The highest BCUT2D eigenvalue weighted by molar-refractivity contribution is 5.87. The van der Waals surface area contributed by atoms with Gasteiger partial charge in [0.25, 0.3) is 0 Å². The number of aryl methyl sites for hydroxylation is 1. The van der Waals surface area contributed by atoms with Gasteiger partial charge in [-0.15, -0.1) is 0 Å². The molecule has 1 aliphatic rings. The van der Waals surface area contributed by atoms with E-state index in [0.717, 1.165) is 11.1 Å². The topological polar surface area (TPSA) is 70.5 Å². The lowest BCUT2D eigenvalue weighted by Gasteiger charge is -2.22. The number of rotatable bonds is 3. The second kappa shape index (κ2) is 4.53. The number of aliphatic carboxylic acids is 1. The van der Waals surface area contributed by atoms with Gasteiger partial charge in [0, 0.05) is 25.4 Å². The van der Waals surface area contributed by atoms with E-state index in [1.165, 1.54) is 4.90 Å². The van der Waals surface area contributed by atoms with Gasteiger partial charge >= 0.3 is 5.97 Å². The van der Waals surface area contributed by atoms with E-state index in [-0.39, 0.29) is 5.91 Å². The minimum atomic E-state index is -0.933. The molecule has 0 saturated carbocycles. The van der Waals surface area contributed by atoms with Crippen LogP contribution in [0.15, 0.2) is 18.5 Å². The molecule has 1 N–H and O–H groups in total. The molecular weight excluding hydrogens is 220 g/mol. The number of aromatic nitrogens is 1. The Bertz CT molecular complexity index is 459. The summed E-state index contributed by atoms with van der Waals surface area (Å²) in [5.74, 6) is -1.03. The van der Waals surface area contributed by atoms with Crippen LogP contribution in [-0.4, -0.2) is 32.9 Å². The second-order valence-electron chi connectivity index (χ2n) is 4.22. The molecule has 0 spiro atoms. The molecule has 0 aromatic carbocycles. The molecule has 1 amide bonds. The normalized spacial score (nSPS) is 19.7. The molecule has 0 radical (unpaired) electrons. The van der Waals surface area contributed by atoms with E-state index in [9.17, 15) is 9.59 Å². The molecule has 1 fully saturated rings. The van der Waals surface area contributed by atoms with Crippen LogP contribution in [-0.2, 0) is 16.1 Å². The van der Waals surface area contributed by atoms with Gasteiger partial charge in [-0.3, -0.25) is 9.78 Å². The smallest absolute Gasteiger partial charge is 0.326 e. The SMILES string of the molecule is Cc1ccncc1CN1C(=O)CCC1C(=O)O. The summed E-state index contributed by atoms with van der Waals surface area (Å²) in [6, 6.07) is 1.16. The van der Waals surface area contributed by atoms with Gasteiger partial charge in [0.15, 0.2) is 0 Å². The third kappa shape index (κ3) is 2.27. The Labute approximate surface area is 99.1 Å². The van der Waals surface area contributed by atoms with Gasteiger partial charge < -0.3 is 10.0 Å². The van der Waals surface area contributed by atoms with Gasteiger partial charge in [-0.05, 0) is 30.5 Å². The van der Waals surface area contributed by atoms with Crippen molar-refractivity contribution in [2.75, 3.05) is 0 Å². The van der Waals surface area contributed by atoms with E-state index in [1.54, 1.807) is 12.4 Å². The zero-order valence-electron chi connectivity index (χ0n) is 9.59. The lowest BCUT2D eigenvalue weighted by Crippen LogP contribution is -2.38. The molecule has 1 aliphatic heterocycles. The van der Waals surface area contributed by atoms with Crippen LogP contribution in [0.3, 0.4) is 0 Å². The fourth-order valence-electron chi connectivity index (χ4n) is 2.03. The van der Waals surface area contributed by atoms with E-state index in [0.29, 0.717) is 19.4 Å². The van der Waals surface area contributed by atoms with Gasteiger partial charge in [-0.2, -0.15) is 0 Å². The lowest BCUT2D eigenvalue weighted by molar-refractivity contribution is -0.146. The first-order valence-corrected chi connectivity index (χ1v) is 5.51. The summed E-state index contributed by atoms with van der Waals surface area (Å²) in [6.07, 6.45) is 4.07. The molecule has 2 heterocycles. The van der Waals surface area contributed by atoms with Crippen LogP contribution in [0.1, 0.15) is 24.0 Å². The Morgan fingerprint density at radius 2 is 2.41 bits per heavy atom. The first-order valence-electron chi connectivity index (χ1n) is 5.51. The Balaban J connectivity index is 2.19. The molecule has 1 aromatic heterocycles. The predicted octanol–water partition coefficient (Wildman–Crippen LogP) is 0.966. The second-order valence-corrected chi connectivity index (χ2v) is 4.22. The summed E-state index contributed by atoms with van der Waals surface area (Å²) in [6.45, 7) is 2.25. The van der Waals surface area contributed by atoms with E-state index in [2.05, 4.69) is 4.98 Å². The van der Waals surface area contributed by atoms with Crippen molar-refractivity contribution in [2.45, 2.75) is 32.4 Å². The number of carboxylic acids is 1. The van der Waals surface area contributed by atoms with Crippen molar-refractivity contribution in [2.24, 2.45) is 0 Å². The standard InChI is InChI=1S/C12H14N2O3/c1-8-4-5-13-6-9(8)7-14-10(12(16)17)2-3-11(14)15/h4-6,10H,2-3,7H2,1H3,(H,16,17). The quantitative estimate of drug-likeness (QED) is 0.845. The molecule has 17 heavy (non-hydrogen) atoms. The van der Waals surface area contributed by atoms with E-state index >= 15 is 0 Å². The Kier molecular flexibility index (Phi) is 3.08. The zero-order chi connectivity index (χ0) is 12.4. The van der Waals surface area contributed by atoms with Crippen LogP contribution < -0.4 is 0 Å². The minimum Gasteiger partial charge on any atom is -0.480 e. The van der Waals surface area contributed by atoms with E-state index in [1.807, 2.05) is 13.0 Å². The molecule has 90 valence electrons. The largest absolute Gasteiger partial charge is 0.480 e. The summed E-state index contributed by atoms with van der Waals surface area (Å²) in [4.78, 5) is 28.1. The first-order chi connectivity index (χ1) is 8.09. The number of hydrogen-bond acceptors (Lipinski definition) is 3. The Morgan fingerprint density at radius 1 is 1.65 bits per heavy atom. The average molecular weight is 234 g/mol. The Hall–Kier alpha value is -1.91. The zero-order valence-corrected chi connectivity index (χ0v) is 9.59. The fourth-order valence-corrected chi connectivity index (χ4v) is 2.03. The van der Waals surface area contributed by atoms with Gasteiger partial charge in [0.2, 0.25) is 5.91 Å². The third-order valence-corrected chi connectivity index (χ3v) is 3.10. The van der Waals surface area contributed by atoms with Gasteiger partial charge in [-0.1, -0.05) is 0 Å². The summed E-state index contributed by atoms with van der Waals surface area (Å²) in [5.41, 5.74) is 1.91. The summed E-state index contributed by atoms with van der Waals surface area (Å²) in [5, 5.41) is 9.04. The van der Waals surface area contributed by atoms with Crippen LogP contribution in [0.5, 0.6) is 0 Å². The Morgan fingerprint density at radius 3 is 3.06 bits per heavy atom. The fraction of sp³-hybridized carbons (Fsp3) is 0.417. The molecule has 1 atom stereocenters. The number of likely N-dealkylation sites (tertiary alicyclic amines) is 1. The van der Waals surface area contributed by atoms with Crippen LogP contribution in [0.4, 0.5) is 0 Å². The highest BCUT2D eigenvalue weighted by atomic mass is 16.4. The summed E-state index contributed by atoms with van der Waals surface area (Å²) >= 11 is 0. The van der Waals surface area contributed by atoms with E-state index < -0.39 is 12.0 Å². The number of carbonyl (C=O) groups excluding carboxylic acids is 1. The van der Waals surface area contributed by atoms with Crippen LogP contribution in [0.25, 0.3) is 0 Å². The maximum absolute atomic E-state index is 11.6. The van der Waals surface area contributed by atoms with Gasteiger partial charge in [0.1, 0.15) is 6.04 Å². The summed E-state index contributed by atoms with van der Waals surface area (Å²) in [7, 11) is 0. The van der Waals surface area contributed by atoms with Crippen LogP contribution in [0.2, 0.25) is 0 Å². The predicted molar refractivity (Wildman–Crippen MR) is 60.2 cm³/mol. The first kappa shape index (κ1) is 11.6. The highest BCUT2D eigenvalue weighted by Gasteiger charge is 2.35. The van der Waals surface area contributed by atoms with Gasteiger partial charge in [-0.25, -0.2) is 4.79 Å². The van der Waals surface area contributed by atoms with Gasteiger partial charge in [0.05, 0.1) is 0 Å². The van der Waals surface area contributed by atoms with Crippen molar-refractivity contribution < 1.29 is 14.7 Å². The number of amides is 1. The van der Waals surface area contributed by atoms with Crippen molar-refractivity contribution in [3.8, 4) is 0 Å². The van der Waals surface area contributed by atoms with Crippen molar-refractivity contribution >= 4 is 11.9 Å². The number of carbonyl (C=O) groups is 2. The molecule has 0 bridgehead atoms. The van der Waals surface area contributed by atoms with E-state index in [4.69, 9.17) is 5.11 Å². The number of pyridine rings is 1. The van der Waals surface area contributed by atoms with Crippen LogP contribution >= 0.6 is 0 Å². The lowest BCUT2D eigenvalue weighted by atomic mass is 10.1. The minimum absolute atomic E-state index is 0.0966. The number of carboxylic acid groups (broad SMARTS) is 1. The maximum Gasteiger partial charge on any atom is 0.326 e. The highest BCUT2D eigenvalue weighted by Crippen LogP contribution is 2.22. The molecule has 2 rings (SSSR count). The molecule has 1 saturated heterocycles. The number of nitrogens with zero attached hydrogens (tertiary/aromatic N) is 2.